The average molecular weight is 364 g/mol. The van der Waals surface area contributed by atoms with Crippen LogP contribution in [0.3, 0.4) is 0 Å². The largest absolute Gasteiger partial charge is 0.367 e. The number of nitrogens with zero attached hydrogens (tertiary/aromatic N) is 6. The zero-order valence-corrected chi connectivity index (χ0v) is 14.9. The summed E-state index contributed by atoms with van der Waals surface area (Å²) in [5.74, 6) is -0.382. The highest BCUT2D eigenvalue weighted by atomic mass is 19.1. The van der Waals surface area contributed by atoms with E-state index < -0.39 is 0 Å². The van der Waals surface area contributed by atoms with E-state index in [1.807, 2.05) is 36.9 Å². The summed E-state index contributed by atoms with van der Waals surface area (Å²) in [6, 6.07) is 6.76. The molecule has 7 nitrogen and oxygen atoms in total. The van der Waals surface area contributed by atoms with Crippen molar-refractivity contribution < 1.29 is 9.13 Å². The molecular weight excluding hydrogens is 347 g/mol. The van der Waals surface area contributed by atoms with Crippen LogP contribution < -0.4 is 0 Å². The Morgan fingerprint density at radius 2 is 2.04 bits per heavy atom. The van der Waals surface area contributed by atoms with E-state index in [-0.39, 0.29) is 11.4 Å². The lowest BCUT2D eigenvalue weighted by Gasteiger charge is -2.31. The molecule has 0 saturated carbocycles. The third-order valence-corrected chi connectivity index (χ3v) is 4.67. The van der Waals surface area contributed by atoms with E-state index in [0.29, 0.717) is 24.5 Å². The Morgan fingerprint density at radius 3 is 2.85 bits per heavy atom. The van der Waals surface area contributed by atoms with E-state index in [4.69, 9.17) is 14.8 Å². The first-order chi connectivity index (χ1) is 13.0. The molecule has 0 bridgehead atoms. The van der Waals surface area contributed by atoms with Gasteiger partial charge in [-0.05, 0) is 32.0 Å². The van der Waals surface area contributed by atoms with Gasteiger partial charge in [0.1, 0.15) is 11.5 Å². The number of hydrogen-bond acceptors (Lipinski definition) is 5. The maximum absolute atomic E-state index is 13.4. The van der Waals surface area contributed by atoms with Crippen LogP contribution in [0, 0.1) is 5.82 Å². The first kappa shape index (κ1) is 16.1. The summed E-state index contributed by atoms with van der Waals surface area (Å²) in [5, 5.41) is 8.97. The first-order valence-corrected chi connectivity index (χ1v) is 8.66. The molecule has 0 atom stereocenters. The molecule has 0 amide bonds. The lowest BCUT2D eigenvalue weighted by atomic mass is 10.0. The van der Waals surface area contributed by atoms with E-state index in [0.717, 1.165) is 22.6 Å². The number of rotatable bonds is 2. The van der Waals surface area contributed by atoms with Crippen LogP contribution in [-0.4, -0.2) is 35.0 Å². The van der Waals surface area contributed by atoms with Gasteiger partial charge >= 0.3 is 0 Å². The van der Waals surface area contributed by atoms with Crippen molar-refractivity contribution in [1.82, 2.24) is 29.4 Å². The Hall–Kier alpha value is -3.13. The molecule has 0 fully saturated rings. The molecule has 5 rings (SSSR count). The molecule has 1 aliphatic heterocycles. The van der Waals surface area contributed by atoms with Gasteiger partial charge in [-0.25, -0.2) is 13.9 Å². The summed E-state index contributed by atoms with van der Waals surface area (Å²) in [5.41, 5.74) is 4.24. The second-order valence-corrected chi connectivity index (χ2v) is 7.18. The van der Waals surface area contributed by atoms with Crippen molar-refractivity contribution in [2.75, 3.05) is 0 Å². The van der Waals surface area contributed by atoms with Crippen molar-refractivity contribution in [3.8, 4) is 22.6 Å². The van der Waals surface area contributed by atoms with Crippen LogP contribution in [0.2, 0.25) is 0 Å². The monoisotopic (exact) mass is 364 g/mol. The van der Waals surface area contributed by atoms with Gasteiger partial charge in [0.2, 0.25) is 0 Å². The van der Waals surface area contributed by atoms with Crippen LogP contribution in [0.15, 0.2) is 42.9 Å². The minimum absolute atomic E-state index is 0.313. The van der Waals surface area contributed by atoms with Gasteiger partial charge in [-0.2, -0.15) is 10.2 Å². The Balaban J connectivity index is 1.74. The van der Waals surface area contributed by atoms with Crippen LogP contribution in [0.4, 0.5) is 4.39 Å². The summed E-state index contributed by atoms with van der Waals surface area (Å²) in [6.45, 7) is 5.10. The van der Waals surface area contributed by atoms with Crippen LogP contribution in [-0.2, 0) is 17.9 Å². The minimum Gasteiger partial charge on any atom is -0.367 e. The predicted molar refractivity (Wildman–Crippen MR) is 96.3 cm³/mol. The number of halogens is 1. The smallest absolute Gasteiger partial charge is 0.155 e. The van der Waals surface area contributed by atoms with Crippen molar-refractivity contribution in [3.05, 3.63) is 54.4 Å². The number of pyridine rings is 1. The molecule has 0 saturated heterocycles. The molecule has 8 heteroatoms. The normalized spacial score (nSPS) is 15.8. The fourth-order valence-electron chi connectivity index (χ4n) is 3.36. The summed E-state index contributed by atoms with van der Waals surface area (Å²) in [4.78, 5) is 8.95. The number of aromatic nitrogens is 6. The molecule has 0 unspecified atom stereocenters. The molecule has 1 aliphatic rings. The SMILES string of the molecule is CC1(C)Cn2nc(-c3ccc(F)cn3)c(-c3ccn4nccc4n3)c2CO1. The molecule has 136 valence electrons. The fraction of sp³-hybridized carbons (Fsp3) is 0.263. The van der Waals surface area contributed by atoms with E-state index in [2.05, 4.69) is 10.1 Å². The molecule has 27 heavy (non-hydrogen) atoms. The van der Waals surface area contributed by atoms with Crippen molar-refractivity contribution >= 4 is 5.65 Å². The van der Waals surface area contributed by atoms with E-state index in [1.165, 1.54) is 12.3 Å². The summed E-state index contributed by atoms with van der Waals surface area (Å²) >= 11 is 0. The van der Waals surface area contributed by atoms with Gasteiger partial charge in [0.25, 0.3) is 0 Å². The van der Waals surface area contributed by atoms with Gasteiger partial charge in [-0.15, -0.1) is 0 Å². The molecule has 4 aromatic heterocycles. The van der Waals surface area contributed by atoms with Gasteiger partial charge in [0, 0.05) is 12.3 Å². The van der Waals surface area contributed by atoms with E-state index in [9.17, 15) is 4.39 Å². The van der Waals surface area contributed by atoms with E-state index >= 15 is 0 Å². The topological polar surface area (TPSA) is 70.1 Å². The summed E-state index contributed by atoms with van der Waals surface area (Å²) in [6.07, 6.45) is 4.76. The summed E-state index contributed by atoms with van der Waals surface area (Å²) in [7, 11) is 0. The zero-order valence-electron chi connectivity index (χ0n) is 14.9. The van der Waals surface area contributed by atoms with Gasteiger partial charge in [-0.3, -0.25) is 9.67 Å². The molecule has 5 heterocycles. The van der Waals surface area contributed by atoms with Gasteiger partial charge < -0.3 is 4.74 Å². The summed E-state index contributed by atoms with van der Waals surface area (Å²) < 4.78 is 23.0. The quantitative estimate of drug-likeness (QED) is 0.547. The first-order valence-electron chi connectivity index (χ1n) is 8.66. The van der Waals surface area contributed by atoms with Crippen molar-refractivity contribution in [2.45, 2.75) is 32.6 Å². The minimum atomic E-state index is -0.382. The number of fused-ring (bicyclic) bond motifs is 2. The van der Waals surface area contributed by atoms with Crippen molar-refractivity contribution in [2.24, 2.45) is 0 Å². The van der Waals surface area contributed by atoms with E-state index in [1.54, 1.807) is 16.8 Å². The highest BCUT2D eigenvalue weighted by molar-refractivity contribution is 5.80. The van der Waals surface area contributed by atoms with Crippen molar-refractivity contribution in [3.63, 3.8) is 0 Å². The highest BCUT2D eigenvalue weighted by Gasteiger charge is 2.32. The highest BCUT2D eigenvalue weighted by Crippen LogP contribution is 2.36. The third kappa shape index (κ3) is 2.69. The molecule has 0 aliphatic carbocycles. The van der Waals surface area contributed by atoms with Crippen LogP contribution in [0.25, 0.3) is 28.3 Å². The van der Waals surface area contributed by atoms with Crippen LogP contribution in [0.1, 0.15) is 19.5 Å². The lowest BCUT2D eigenvalue weighted by Crippen LogP contribution is -2.36. The maximum atomic E-state index is 13.4. The van der Waals surface area contributed by atoms with Gasteiger partial charge in [-0.1, -0.05) is 0 Å². The zero-order chi connectivity index (χ0) is 18.6. The Morgan fingerprint density at radius 1 is 1.15 bits per heavy atom. The predicted octanol–water partition coefficient (Wildman–Crippen LogP) is 3.10. The maximum Gasteiger partial charge on any atom is 0.155 e. The Kier molecular flexibility index (Phi) is 3.38. The molecule has 4 aromatic rings. The fourth-order valence-corrected chi connectivity index (χ4v) is 3.36. The number of ether oxygens (including phenoxy) is 1. The molecule has 0 N–H and O–H groups in total. The van der Waals surface area contributed by atoms with Gasteiger partial charge in [0.05, 0.1) is 53.8 Å². The molecule has 0 aromatic carbocycles. The second-order valence-electron chi connectivity index (χ2n) is 7.18. The molecular formula is C19H17FN6O. The lowest BCUT2D eigenvalue weighted by molar-refractivity contribution is -0.0657. The molecule has 0 spiro atoms. The average Bonchev–Trinajstić information content (AvgIpc) is 3.24. The third-order valence-electron chi connectivity index (χ3n) is 4.67. The standard InChI is InChI=1S/C19H17FN6O/c1-19(2)11-26-15(10-27-19)17(13-6-8-25-16(23-13)5-7-22-25)18(24-26)14-4-3-12(20)9-21-14/h3-9H,10-11H2,1-2H3. The van der Waals surface area contributed by atoms with Gasteiger partial charge in [0.15, 0.2) is 5.65 Å². The second kappa shape index (κ2) is 5.68. The van der Waals surface area contributed by atoms with Crippen molar-refractivity contribution in [1.29, 1.82) is 0 Å². The van der Waals surface area contributed by atoms with Crippen LogP contribution in [0.5, 0.6) is 0 Å². The Bertz CT molecular complexity index is 1140. The van der Waals surface area contributed by atoms with Crippen LogP contribution >= 0.6 is 0 Å². The number of hydrogen-bond donors (Lipinski definition) is 0. The molecule has 0 radical (unpaired) electrons. The Labute approximate surface area is 154 Å².